The fourth-order valence-electron chi connectivity index (χ4n) is 1.74. The van der Waals surface area contributed by atoms with Crippen molar-refractivity contribution < 1.29 is 5.11 Å². The predicted molar refractivity (Wildman–Crippen MR) is 61.6 cm³/mol. The third kappa shape index (κ3) is 5.58. The largest absolute Gasteiger partial charge is 0.395 e. The highest BCUT2D eigenvalue weighted by molar-refractivity contribution is 4.69. The van der Waals surface area contributed by atoms with Crippen LogP contribution in [0.25, 0.3) is 0 Å². The van der Waals surface area contributed by atoms with Crippen molar-refractivity contribution in [3.63, 3.8) is 0 Å². The third-order valence-corrected chi connectivity index (χ3v) is 2.68. The van der Waals surface area contributed by atoms with E-state index in [-0.39, 0.29) is 6.61 Å². The molecule has 0 heterocycles. The average Bonchev–Trinajstić information content (AvgIpc) is 2.15. The Bertz CT molecular complexity index is 124. The molecule has 0 aliphatic rings. The molecule has 1 N–H and O–H groups in total. The standard InChI is InChI=1S/C11H26N2O/c1-5-11(6-2)13(9-10-14)8-7-12(3)4/h11,14H,5-10H2,1-4H3. The number of hydrogen-bond acceptors (Lipinski definition) is 3. The van der Waals surface area contributed by atoms with Crippen molar-refractivity contribution in [3.8, 4) is 0 Å². The number of aliphatic hydroxyl groups is 1. The first-order chi connectivity index (χ1) is 6.65. The molecule has 3 heteroatoms. The Kier molecular flexibility index (Phi) is 8.14. The van der Waals surface area contributed by atoms with E-state index in [0.29, 0.717) is 6.04 Å². The van der Waals surface area contributed by atoms with Crippen molar-refractivity contribution in [1.29, 1.82) is 0 Å². The zero-order valence-electron chi connectivity index (χ0n) is 10.2. The SMILES string of the molecule is CCC(CC)N(CCO)CCN(C)C. The van der Waals surface area contributed by atoms with Gasteiger partial charge in [-0.1, -0.05) is 13.8 Å². The van der Waals surface area contributed by atoms with Crippen molar-refractivity contribution in [1.82, 2.24) is 9.80 Å². The molecule has 0 bridgehead atoms. The van der Waals surface area contributed by atoms with Crippen LogP contribution in [0.2, 0.25) is 0 Å². The molecule has 0 unspecified atom stereocenters. The first-order valence-electron chi connectivity index (χ1n) is 5.65. The van der Waals surface area contributed by atoms with Gasteiger partial charge in [-0.2, -0.15) is 0 Å². The second-order valence-electron chi connectivity index (χ2n) is 4.03. The Balaban J connectivity index is 3.98. The molecule has 0 saturated heterocycles. The minimum absolute atomic E-state index is 0.268. The summed E-state index contributed by atoms with van der Waals surface area (Å²) in [4.78, 5) is 4.58. The Morgan fingerprint density at radius 1 is 1.00 bits per heavy atom. The van der Waals surface area contributed by atoms with Crippen LogP contribution < -0.4 is 0 Å². The zero-order valence-corrected chi connectivity index (χ0v) is 10.2. The molecule has 0 rings (SSSR count). The molecule has 0 radical (unpaired) electrons. The van der Waals surface area contributed by atoms with Gasteiger partial charge in [-0.25, -0.2) is 0 Å². The first kappa shape index (κ1) is 13.9. The zero-order chi connectivity index (χ0) is 11.0. The average molecular weight is 202 g/mol. The van der Waals surface area contributed by atoms with Crippen LogP contribution in [0.15, 0.2) is 0 Å². The van der Waals surface area contributed by atoms with Gasteiger partial charge in [0, 0.05) is 25.7 Å². The topological polar surface area (TPSA) is 26.7 Å². The molecule has 0 spiro atoms. The van der Waals surface area contributed by atoms with E-state index < -0.39 is 0 Å². The second kappa shape index (κ2) is 8.21. The fraction of sp³-hybridized carbons (Fsp3) is 1.00. The Morgan fingerprint density at radius 2 is 1.57 bits per heavy atom. The van der Waals surface area contributed by atoms with Crippen molar-refractivity contribution in [2.24, 2.45) is 0 Å². The fourth-order valence-corrected chi connectivity index (χ4v) is 1.74. The molecular weight excluding hydrogens is 176 g/mol. The van der Waals surface area contributed by atoms with Crippen molar-refractivity contribution in [3.05, 3.63) is 0 Å². The summed E-state index contributed by atoms with van der Waals surface area (Å²) in [5.74, 6) is 0. The molecule has 3 nitrogen and oxygen atoms in total. The van der Waals surface area contributed by atoms with E-state index in [2.05, 4.69) is 37.7 Å². The summed E-state index contributed by atoms with van der Waals surface area (Å²) >= 11 is 0. The molecule has 0 atom stereocenters. The Hall–Kier alpha value is -0.120. The summed E-state index contributed by atoms with van der Waals surface area (Å²) in [6.45, 7) is 7.63. The molecule has 0 fully saturated rings. The van der Waals surface area contributed by atoms with E-state index >= 15 is 0 Å². The van der Waals surface area contributed by atoms with Gasteiger partial charge < -0.3 is 10.0 Å². The maximum absolute atomic E-state index is 8.99. The number of likely N-dealkylation sites (N-methyl/N-ethyl adjacent to an activating group) is 1. The van der Waals surface area contributed by atoms with E-state index in [9.17, 15) is 0 Å². The summed E-state index contributed by atoms with van der Waals surface area (Å²) in [5.41, 5.74) is 0. The highest BCUT2D eigenvalue weighted by Gasteiger charge is 2.13. The van der Waals surface area contributed by atoms with E-state index in [0.717, 1.165) is 19.6 Å². The van der Waals surface area contributed by atoms with E-state index in [1.165, 1.54) is 12.8 Å². The monoisotopic (exact) mass is 202 g/mol. The molecule has 0 aromatic carbocycles. The smallest absolute Gasteiger partial charge is 0.0558 e. The summed E-state index contributed by atoms with van der Waals surface area (Å²) in [6.07, 6.45) is 2.34. The van der Waals surface area contributed by atoms with Crippen LogP contribution in [0.1, 0.15) is 26.7 Å². The molecule has 14 heavy (non-hydrogen) atoms. The quantitative estimate of drug-likeness (QED) is 0.637. The van der Waals surface area contributed by atoms with Crippen molar-refractivity contribution in [2.75, 3.05) is 40.3 Å². The van der Waals surface area contributed by atoms with E-state index in [1.54, 1.807) is 0 Å². The minimum atomic E-state index is 0.268. The van der Waals surface area contributed by atoms with Gasteiger partial charge in [-0.3, -0.25) is 4.90 Å². The minimum Gasteiger partial charge on any atom is -0.395 e. The molecule has 0 aromatic rings. The van der Waals surface area contributed by atoms with Gasteiger partial charge in [0.2, 0.25) is 0 Å². The predicted octanol–water partition coefficient (Wildman–Crippen LogP) is 1.03. The van der Waals surface area contributed by atoms with Crippen LogP contribution in [-0.2, 0) is 0 Å². The summed E-state index contributed by atoms with van der Waals surface area (Å²) in [5, 5.41) is 8.99. The number of nitrogens with zero attached hydrogens (tertiary/aromatic N) is 2. The summed E-state index contributed by atoms with van der Waals surface area (Å²) in [7, 11) is 4.17. The Labute approximate surface area is 88.7 Å². The lowest BCUT2D eigenvalue weighted by molar-refractivity contribution is 0.133. The summed E-state index contributed by atoms with van der Waals surface area (Å²) < 4.78 is 0. The van der Waals surface area contributed by atoms with Crippen molar-refractivity contribution in [2.45, 2.75) is 32.7 Å². The van der Waals surface area contributed by atoms with Crippen LogP contribution in [-0.4, -0.2) is 61.3 Å². The van der Waals surface area contributed by atoms with Crippen LogP contribution in [0.3, 0.4) is 0 Å². The maximum Gasteiger partial charge on any atom is 0.0558 e. The van der Waals surface area contributed by atoms with E-state index in [1.807, 2.05) is 0 Å². The lowest BCUT2D eigenvalue weighted by Crippen LogP contribution is -2.40. The first-order valence-corrected chi connectivity index (χ1v) is 5.65. The van der Waals surface area contributed by atoms with Crippen LogP contribution >= 0.6 is 0 Å². The van der Waals surface area contributed by atoms with Gasteiger partial charge >= 0.3 is 0 Å². The molecule has 86 valence electrons. The summed E-state index contributed by atoms with van der Waals surface area (Å²) in [6, 6.07) is 0.627. The number of hydrogen-bond donors (Lipinski definition) is 1. The van der Waals surface area contributed by atoms with Gasteiger partial charge in [0.1, 0.15) is 0 Å². The molecular formula is C11H26N2O. The Morgan fingerprint density at radius 3 is 1.93 bits per heavy atom. The van der Waals surface area contributed by atoms with Crippen molar-refractivity contribution >= 4 is 0 Å². The van der Waals surface area contributed by atoms with Gasteiger partial charge in [0.25, 0.3) is 0 Å². The van der Waals surface area contributed by atoms with Crippen LogP contribution in [0.5, 0.6) is 0 Å². The van der Waals surface area contributed by atoms with Crippen LogP contribution in [0, 0.1) is 0 Å². The van der Waals surface area contributed by atoms with Gasteiger partial charge in [-0.15, -0.1) is 0 Å². The third-order valence-electron chi connectivity index (χ3n) is 2.68. The normalized spacial score (nSPS) is 12.0. The number of aliphatic hydroxyl groups excluding tert-OH is 1. The number of rotatable bonds is 8. The lowest BCUT2D eigenvalue weighted by Gasteiger charge is -2.30. The molecule has 0 amide bonds. The molecule has 0 aromatic heterocycles. The lowest BCUT2D eigenvalue weighted by atomic mass is 10.1. The van der Waals surface area contributed by atoms with Crippen LogP contribution in [0.4, 0.5) is 0 Å². The van der Waals surface area contributed by atoms with Gasteiger partial charge in [0.05, 0.1) is 6.61 Å². The second-order valence-corrected chi connectivity index (χ2v) is 4.03. The molecule has 0 saturated carbocycles. The molecule has 0 aliphatic carbocycles. The molecule has 0 aliphatic heterocycles. The maximum atomic E-state index is 8.99. The van der Waals surface area contributed by atoms with E-state index in [4.69, 9.17) is 5.11 Å². The highest BCUT2D eigenvalue weighted by Crippen LogP contribution is 2.07. The van der Waals surface area contributed by atoms with Gasteiger partial charge in [0.15, 0.2) is 0 Å². The highest BCUT2D eigenvalue weighted by atomic mass is 16.3. The van der Waals surface area contributed by atoms with Gasteiger partial charge in [-0.05, 0) is 26.9 Å².